The number of aryl methyl sites for hydroxylation is 2. The molecule has 0 N–H and O–H groups in total. The molecule has 54 heavy (non-hydrogen) atoms. The lowest BCUT2D eigenvalue weighted by molar-refractivity contribution is -0.783. The van der Waals surface area contributed by atoms with Gasteiger partial charge < -0.3 is 0 Å². The Bertz CT molecular complexity index is 2290. The van der Waals surface area contributed by atoms with Crippen LogP contribution in [0.4, 0.5) is 0 Å². The van der Waals surface area contributed by atoms with Gasteiger partial charge in [-0.2, -0.15) is 9.13 Å². The lowest BCUT2D eigenvalue weighted by atomic mass is 9.54. The zero-order valence-electron chi connectivity index (χ0n) is 33.8. The fourth-order valence-electron chi connectivity index (χ4n) is 12.8. The van der Waals surface area contributed by atoms with E-state index in [9.17, 15) is 0 Å². The Morgan fingerprint density at radius 1 is 0.593 bits per heavy atom. The number of hydrogen-bond donors (Lipinski definition) is 0. The summed E-state index contributed by atoms with van der Waals surface area (Å²) in [5, 5.41) is 0. The molecule has 2 atom stereocenters. The third-order valence-corrected chi connectivity index (χ3v) is 16.1. The summed E-state index contributed by atoms with van der Waals surface area (Å²) >= 11 is 0. The van der Waals surface area contributed by atoms with Crippen molar-refractivity contribution in [3.63, 3.8) is 0 Å². The van der Waals surface area contributed by atoms with E-state index in [-0.39, 0.29) is 21.8 Å². The molecule has 4 aliphatic carbocycles. The molecule has 276 valence electrons. The Hall–Kier alpha value is -4.04. The molecule has 6 aliphatic rings. The number of nitrogens with zero attached hydrogens (tertiary/aromatic N) is 2. The van der Waals surface area contributed by atoms with Crippen molar-refractivity contribution in [2.75, 3.05) is 0 Å². The van der Waals surface area contributed by atoms with E-state index in [0.717, 1.165) is 50.5 Å². The van der Waals surface area contributed by atoms with Crippen molar-refractivity contribution in [3.8, 4) is 33.6 Å². The average Bonchev–Trinajstić information content (AvgIpc) is 3.21. The molecule has 2 bridgehead atoms. The van der Waals surface area contributed by atoms with E-state index in [4.69, 9.17) is 0 Å². The molecule has 1 fully saturated rings. The van der Waals surface area contributed by atoms with Crippen LogP contribution in [0.2, 0.25) is 0 Å². The highest BCUT2D eigenvalue weighted by molar-refractivity contribution is 5.74. The molecule has 2 heteroatoms. The van der Waals surface area contributed by atoms with Crippen molar-refractivity contribution in [2.24, 2.45) is 0 Å². The third kappa shape index (κ3) is 4.83. The van der Waals surface area contributed by atoms with Gasteiger partial charge in [-0.15, -0.1) is 0 Å². The predicted molar refractivity (Wildman–Crippen MR) is 222 cm³/mol. The predicted octanol–water partition coefficient (Wildman–Crippen LogP) is 12.2. The van der Waals surface area contributed by atoms with Crippen LogP contribution in [0, 0.1) is 0 Å². The van der Waals surface area contributed by atoms with Gasteiger partial charge in [0.25, 0.3) is 0 Å². The van der Waals surface area contributed by atoms with Crippen LogP contribution >= 0.6 is 0 Å². The minimum Gasteiger partial charge on any atom is -0.198 e. The van der Waals surface area contributed by atoms with Crippen molar-refractivity contribution in [3.05, 3.63) is 131 Å². The molecule has 2 nitrogen and oxygen atoms in total. The normalized spacial score (nSPS) is 26.9. The first kappa shape index (κ1) is 34.5. The second kappa shape index (κ2) is 12.2. The van der Waals surface area contributed by atoms with Gasteiger partial charge in [0.2, 0.25) is 11.4 Å². The van der Waals surface area contributed by atoms with Crippen LogP contribution in [0.5, 0.6) is 0 Å². The Balaban J connectivity index is 1.24. The van der Waals surface area contributed by atoms with E-state index < -0.39 is 0 Å². The first-order valence-electron chi connectivity index (χ1n) is 21.6. The maximum Gasteiger partial charge on any atom is 0.213 e. The van der Waals surface area contributed by atoms with Crippen molar-refractivity contribution >= 4 is 0 Å². The molecule has 0 spiro atoms. The monoisotopic (exact) mass is 712 g/mol. The fourth-order valence-corrected chi connectivity index (χ4v) is 12.8. The van der Waals surface area contributed by atoms with E-state index in [2.05, 4.69) is 148 Å². The Labute approximate surface area is 324 Å². The van der Waals surface area contributed by atoms with Gasteiger partial charge >= 0.3 is 0 Å². The van der Waals surface area contributed by atoms with E-state index in [1.165, 1.54) is 77.7 Å². The van der Waals surface area contributed by atoms with Gasteiger partial charge in [-0.05, 0) is 132 Å². The van der Waals surface area contributed by atoms with E-state index in [0.29, 0.717) is 0 Å². The van der Waals surface area contributed by atoms with Crippen LogP contribution in [0.3, 0.4) is 0 Å². The number of fused-ring (bicyclic) bond motifs is 12. The zero-order chi connectivity index (χ0) is 37.0. The van der Waals surface area contributed by atoms with Crippen molar-refractivity contribution in [1.29, 1.82) is 0 Å². The number of pyridine rings is 2. The van der Waals surface area contributed by atoms with Crippen molar-refractivity contribution < 1.29 is 9.13 Å². The quantitative estimate of drug-likeness (QED) is 0.165. The van der Waals surface area contributed by atoms with Gasteiger partial charge in [-0.3, -0.25) is 0 Å². The second-order valence-corrected chi connectivity index (χ2v) is 19.3. The molecular formula is C52H60N2+2. The first-order chi connectivity index (χ1) is 26.1. The fraction of sp³-hybridized carbons (Fsp3) is 0.462. The smallest absolute Gasteiger partial charge is 0.198 e. The Morgan fingerprint density at radius 2 is 1.28 bits per heavy atom. The summed E-state index contributed by atoms with van der Waals surface area (Å²) in [6.45, 7) is 16.0. The molecule has 2 unspecified atom stereocenters. The van der Waals surface area contributed by atoms with Crippen LogP contribution < -0.4 is 9.13 Å². The highest BCUT2D eigenvalue weighted by Gasteiger charge is 2.62. The van der Waals surface area contributed by atoms with Crippen LogP contribution in [0.15, 0.2) is 97.3 Å². The summed E-state index contributed by atoms with van der Waals surface area (Å²) in [6, 6.07) is 33.7. The summed E-state index contributed by atoms with van der Waals surface area (Å²) in [7, 11) is 0. The number of rotatable bonds is 3. The Morgan fingerprint density at radius 3 is 2.00 bits per heavy atom. The molecule has 4 heterocycles. The second-order valence-electron chi connectivity index (χ2n) is 19.3. The van der Waals surface area contributed by atoms with E-state index >= 15 is 0 Å². The summed E-state index contributed by atoms with van der Waals surface area (Å²) in [5.74, 6) is 1.45. The maximum absolute atomic E-state index is 2.83. The van der Waals surface area contributed by atoms with Gasteiger partial charge in [0.1, 0.15) is 0 Å². The van der Waals surface area contributed by atoms with Crippen LogP contribution in [0.25, 0.3) is 33.6 Å². The van der Waals surface area contributed by atoms with Gasteiger partial charge in [0.05, 0.1) is 17.4 Å². The van der Waals surface area contributed by atoms with E-state index in [1.54, 1.807) is 27.8 Å². The van der Waals surface area contributed by atoms with Crippen molar-refractivity contribution in [1.82, 2.24) is 0 Å². The standard InChI is InChI=1S/C52H60N2/c1-7-51-24-22-36-16-12-13-17-40(36)47-33-45-46(50(5,6)26-25-49(45,3)4)34-53(47)29-27-52(51,8-2)54-28-23-39(35-14-10-9-11-15-35)30-48(54)43-31-41-37-18-20-38(21-19-37)42(41)32-44(43)51/h9-17,23,28,30-34,37-38H,7-8,18-22,24-27,29H2,1-6H3/q+2. The molecule has 5 aromatic rings. The topological polar surface area (TPSA) is 7.76 Å². The van der Waals surface area contributed by atoms with Gasteiger partial charge in [-0.25, -0.2) is 0 Å². The van der Waals surface area contributed by atoms with Gasteiger partial charge in [0, 0.05) is 35.7 Å². The molecule has 1 saturated carbocycles. The van der Waals surface area contributed by atoms with Crippen molar-refractivity contribution in [2.45, 2.75) is 152 Å². The summed E-state index contributed by atoms with van der Waals surface area (Å²) in [6.07, 6.45) is 18.7. The molecule has 3 aromatic carbocycles. The summed E-state index contributed by atoms with van der Waals surface area (Å²) in [5.41, 5.74) is 18.3. The number of benzene rings is 3. The molecule has 2 aromatic heterocycles. The maximum atomic E-state index is 2.83. The third-order valence-electron chi connectivity index (χ3n) is 16.1. The SMILES string of the molecule is CCC12CCc3ccccc3-c3cc4c(c[n+]3CCC1(CC)[n+]1ccc(-c3ccccc3)cc1-c1cc3c(cc12)C1CCC3CC1)C(C)(C)CCC4(C)C. The van der Waals surface area contributed by atoms with Gasteiger partial charge in [-0.1, -0.05) is 96.1 Å². The minimum absolute atomic E-state index is 0.00458. The highest BCUT2D eigenvalue weighted by atomic mass is 15.1. The van der Waals surface area contributed by atoms with Crippen LogP contribution in [-0.4, -0.2) is 0 Å². The Kier molecular flexibility index (Phi) is 7.80. The average molecular weight is 713 g/mol. The summed E-state index contributed by atoms with van der Waals surface area (Å²) < 4.78 is 5.54. The lowest BCUT2D eigenvalue weighted by Crippen LogP contribution is -2.71. The first-order valence-corrected chi connectivity index (χ1v) is 21.6. The zero-order valence-corrected chi connectivity index (χ0v) is 33.8. The molecule has 0 saturated heterocycles. The molecule has 0 radical (unpaired) electrons. The molecule has 2 aliphatic heterocycles. The minimum atomic E-state index is -0.0809. The molecular weight excluding hydrogens is 653 g/mol. The lowest BCUT2D eigenvalue weighted by Gasteiger charge is -2.51. The molecule has 0 amide bonds. The number of aromatic nitrogens is 2. The van der Waals surface area contributed by atoms with Crippen LogP contribution in [0.1, 0.15) is 151 Å². The largest absolute Gasteiger partial charge is 0.213 e. The molecule has 11 rings (SSSR count). The number of hydrogen-bond acceptors (Lipinski definition) is 0. The van der Waals surface area contributed by atoms with E-state index in [1.807, 2.05) is 0 Å². The highest BCUT2D eigenvalue weighted by Crippen LogP contribution is 2.58. The van der Waals surface area contributed by atoms with Gasteiger partial charge in [0.15, 0.2) is 24.5 Å². The summed E-state index contributed by atoms with van der Waals surface area (Å²) in [4.78, 5) is 0. The van der Waals surface area contributed by atoms with Crippen LogP contribution in [-0.2, 0) is 34.7 Å².